The number of nitrogens with zero attached hydrogens (tertiary/aromatic N) is 1. The summed E-state index contributed by atoms with van der Waals surface area (Å²) in [6, 6.07) is 0.0527. The van der Waals surface area contributed by atoms with E-state index in [0.29, 0.717) is 13.2 Å². The topological polar surface area (TPSA) is 75.7 Å². The molecular formula is C10H20N2O4S. The number of hydrogen-bond donors (Lipinski definition) is 1. The number of rotatable bonds is 4. The Balaban J connectivity index is 2.41. The van der Waals surface area contributed by atoms with Crippen LogP contribution >= 0.6 is 0 Å². The second-order valence-corrected chi connectivity index (χ2v) is 6.29. The highest BCUT2D eigenvalue weighted by molar-refractivity contribution is 7.88. The molecule has 0 aliphatic carbocycles. The van der Waals surface area contributed by atoms with Gasteiger partial charge in [-0.15, -0.1) is 0 Å². The van der Waals surface area contributed by atoms with E-state index in [4.69, 9.17) is 4.74 Å². The molecule has 0 aromatic rings. The molecule has 0 aromatic heterocycles. The zero-order chi connectivity index (χ0) is 13.1. The number of nitrogens with one attached hydrogen (secondary N) is 1. The van der Waals surface area contributed by atoms with Crippen molar-refractivity contribution in [3.8, 4) is 0 Å². The first-order chi connectivity index (χ1) is 7.79. The molecule has 1 aliphatic heterocycles. The lowest BCUT2D eigenvalue weighted by Gasteiger charge is -2.36. The number of sulfonamides is 1. The SMILES string of the molecule is C[C@@H]1CO[C@@H](C)CN1C(=O)CCNS(C)(=O)=O. The molecule has 17 heavy (non-hydrogen) atoms. The summed E-state index contributed by atoms with van der Waals surface area (Å²) in [4.78, 5) is 13.6. The molecular weight excluding hydrogens is 244 g/mol. The maximum atomic E-state index is 11.9. The van der Waals surface area contributed by atoms with Crippen molar-refractivity contribution in [1.82, 2.24) is 9.62 Å². The van der Waals surface area contributed by atoms with Crippen molar-refractivity contribution < 1.29 is 17.9 Å². The van der Waals surface area contributed by atoms with E-state index in [-0.39, 0.29) is 31.0 Å². The van der Waals surface area contributed by atoms with Crippen LogP contribution in [0.4, 0.5) is 0 Å². The Labute approximate surface area is 102 Å². The van der Waals surface area contributed by atoms with Crippen LogP contribution < -0.4 is 4.72 Å². The highest BCUT2D eigenvalue weighted by Gasteiger charge is 2.26. The molecule has 1 fully saturated rings. The molecule has 1 saturated heterocycles. The molecule has 1 heterocycles. The molecule has 0 radical (unpaired) electrons. The van der Waals surface area contributed by atoms with E-state index in [1.165, 1.54) is 0 Å². The van der Waals surface area contributed by atoms with Crippen LogP contribution in [0.5, 0.6) is 0 Å². The first-order valence-corrected chi connectivity index (χ1v) is 7.54. The van der Waals surface area contributed by atoms with Gasteiger partial charge in [0.05, 0.1) is 25.0 Å². The zero-order valence-electron chi connectivity index (χ0n) is 10.5. The second-order valence-electron chi connectivity index (χ2n) is 4.46. The fourth-order valence-electron chi connectivity index (χ4n) is 1.74. The van der Waals surface area contributed by atoms with Gasteiger partial charge in [-0.05, 0) is 13.8 Å². The Hall–Kier alpha value is -0.660. The summed E-state index contributed by atoms with van der Waals surface area (Å²) in [5.41, 5.74) is 0. The molecule has 7 heteroatoms. The predicted molar refractivity (Wildman–Crippen MR) is 64.1 cm³/mol. The Morgan fingerprint density at radius 2 is 2.12 bits per heavy atom. The Morgan fingerprint density at radius 1 is 1.47 bits per heavy atom. The highest BCUT2D eigenvalue weighted by atomic mass is 32.2. The Morgan fingerprint density at radius 3 is 2.71 bits per heavy atom. The summed E-state index contributed by atoms with van der Waals surface area (Å²) in [6.45, 7) is 5.09. The van der Waals surface area contributed by atoms with Crippen LogP contribution in [0, 0.1) is 0 Å². The van der Waals surface area contributed by atoms with Gasteiger partial charge >= 0.3 is 0 Å². The number of morpholine rings is 1. The summed E-state index contributed by atoms with van der Waals surface area (Å²) in [5.74, 6) is -0.0381. The molecule has 1 rings (SSSR count). The van der Waals surface area contributed by atoms with Crippen LogP contribution in [-0.2, 0) is 19.6 Å². The van der Waals surface area contributed by atoms with Gasteiger partial charge in [-0.3, -0.25) is 4.79 Å². The largest absolute Gasteiger partial charge is 0.375 e. The van der Waals surface area contributed by atoms with Crippen LogP contribution in [0.2, 0.25) is 0 Å². The van der Waals surface area contributed by atoms with Gasteiger partial charge in [-0.2, -0.15) is 0 Å². The summed E-state index contributed by atoms with van der Waals surface area (Å²) in [5, 5.41) is 0. The molecule has 0 aromatic carbocycles. The summed E-state index contributed by atoms with van der Waals surface area (Å²) in [6.07, 6.45) is 1.30. The minimum atomic E-state index is -3.22. The molecule has 2 atom stereocenters. The van der Waals surface area contributed by atoms with Crippen molar-refractivity contribution in [2.75, 3.05) is 26.0 Å². The second kappa shape index (κ2) is 5.79. The van der Waals surface area contributed by atoms with E-state index in [1.54, 1.807) is 4.90 Å². The number of ether oxygens (including phenoxy) is 1. The maximum Gasteiger partial charge on any atom is 0.224 e. The molecule has 0 saturated carbocycles. The number of amides is 1. The van der Waals surface area contributed by atoms with E-state index in [0.717, 1.165) is 6.26 Å². The van der Waals surface area contributed by atoms with Gasteiger partial charge < -0.3 is 9.64 Å². The van der Waals surface area contributed by atoms with Crippen molar-refractivity contribution >= 4 is 15.9 Å². The fraction of sp³-hybridized carbons (Fsp3) is 0.900. The number of carbonyl (C=O) groups is 1. The molecule has 0 unspecified atom stereocenters. The predicted octanol–water partition coefficient (Wildman–Crippen LogP) is -0.438. The maximum absolute atomic E-state index is 11.9. The van der Waals surface area contributed by atoms with Crippen molar-refractivity contribution in [2.24, 2.45) is 0 Å². The average molecular weight is 264 g/mol. The van der Waals surface area contributed by atoms with E-state index in [1.807, 2.05) is 13.8 Å². The lowest BCUT2D eigenvalue weighted by atomic mass is 10.2. The van der Waals surface area contributed by atoms with Crippen LogP contribution in [0.25, 0.3) is 0 Å². The third kappa shape index (κ3) is 5.01. The quantitative estimate of drug-likeness (QED) is 0.747. The van der Waals surface area contributed by atoms with Gasteiger partial charge in [0.2, 0.25) is 15.9 Å². The molecule has 6 nitrogen and oxygen atoms in total. The van der Waals surface area contributed by atoms with Crippen molar-refractivity contribution in [2.45, 2.75) is 32.4 Å². The van der Waals surface area contributed by atoms with Gasteiger partial charge in [0.1, 0.15) is 0 Å². The van der Waals surface area contributed by atoms with Crippen molar-refractivity contribution in [3.63, 3.8) is 0 Å². The third-order valence-electron chi connectivity index (χ3n) is 2.63. The molecule has 0 spiro atoms. The number of carbonyl (C=O) groups excluding carboxylic acids is 1. The summed E-state index contributed by atoms with van der Waals surface area (Å²) >= 11 is 0. The van der Waals surface area contributed by atoms with Crippen LogP contribution in [0.15, 0.2) is 0 Å². The normalized spacial score (nSPS) is 25.9. The van der Waals surface area contributed by atoms with Crippen LogP contribution in [-0.4, -0.2) is 57.3 Å². The molecule has 100 valence electrons. The van der Waals surface area contributed by atoms with Crippen molar-refractivity contribution in [1.29, 1.82) is 0 Å². The Bertz CT molecular complexity index is 369. The average Bonchev–Trinajstić information content (AvgIpc) is 2.19. The molecule has 0 bridgehead atoms. The van der Waals surface area contributed by atoms with E-state index < -0.39 is 10.0 Å². The van der Waals surface area contributed by atoms with Gasteiger partial charge in [0.25, 0.3) is 0 Å². The first kappa shape index (κ1) is 14.4. The minimum absolute atomic E-state index is 0.0381. The smallest absolute Gasteiger partial charge is 0.224 e. The monoisotopic (exact) mass is 264 g/mol. The lowest BCUT2D eigenvalue weighted by molar-refractivity contribution is -0.143. The van der Waals surface area contributed by atoms with E-state index in [2.05, 4.69) is 4.72 Å². The summed E-state index contributed by atoms with van der Waals surface area (Å²) in [7, 11) is -3.22. The lowest BCUT2D eigenvalue weighted by Crippen LogP contribution is -2.50. The summed E-state index contributed by atoms with van der Waals surface area (Å²) < 4.78 is 29.4. The van der Waals surface area contributed by atoms with Crippen molar-refractivity contribution in [3.05, 3.63) is 0 Å². The van der Waals surface area contributed by atoms with E-state index >= 15 is 0 Å². The standard InChI is InChI=1S/C10H20N2O4S/c1-8-7-16-9(2)6-12(8)10(13)4-5-11-17(3,14)15/h8-9,11H,4-7H2,1-3H3/t8-,9+/m1/s1. The fourth-order valence-corrected chi connectivity index (χ4v) is 2.21. The Kier molecular flexibility index (Phi) is 4.91. The molecule has 1 N–H and O–H groups in total. The van der Waals surface area contributed by atoms with Gasteiger partial charge in [-0.1, -0.05) is 0 Å². The van der Waals surface area contributed by atoms with Gasteiger partial charge in [-0.25, -0.2) is 13.1 Å². The van der Waals surface area contributed by atoms with Gasteiger partial charge in [0, 0.05) is 19.5 Å². The van der Waals surface area contributed by atoms with Gasteiger partial charge in [0.15, 0.2) is 0 Å². The van der Waals surface area contributed by atoms with Crippen LogP contribution in [0.1, 0.15) is 20.3 Å². The molecule has 1 aliphatic rings. The third-order valence-corrected chi connectivity index (χ3v) is 3.36. The first-order valence-electron chi connectivity index (χ1n) is 5.65. The van der Waals surface area contributed by atoms with E-state index in [9.17, 15) is 13.2 Å². The van der Waals surface area contributed by atoms with Crippen LogP contribution in [0.3, 0.4) is 0 Å². The molecule has 1 amide bonds. The number of hydrogen-bond acceptors (Lipinski definition) is 4. The minimum Gasteiger partial charge on any atom is -0.375 e. The zero-order valence-corrected chi connectivity index (χ0v) is 11.3. The highest BCUT2D eigenvalue weighted by Crippen LogP contribution is 2.12.